The summed E-state index contributed by atoms with van der Waals surface area (Å²) >= 11 is 2.23. The summed E-state index contributed by atoms with van der Waals surface area (Å²) in [6.07, 6.45) is 2.35. The molecule has 1 saturated heterocycles. The van der Waals surface area contributed by atoms with Gasteiger partial charge in [0.25, 0.3) is 0 Å². The molecule has 8 heteroatoms. The lowest BCUT2D eigenvalue weighted by atomic mass is 10.1. The Labute approximate surface area is 165 Å². The lowest BCUT2D eigenvalue weighted by Crippen LogP contribution is -2.48. The molecule has 1 fully saturated rings. The molecule has 0 atom stereocenters. The average Bonchev–Trinajstić information content (AvgIpc) is 2.95. The van der Waals surface area contributed by atoms with E-state index in [2.05, 4.69) is 27.7 Å². The van der Waals surface area contributed by atoms with Gasteiger partial charge in [-0.2, -0.15) is 5.10 Å². The van der Waals surface area contributed by atoms with Crippen molar-refractivity contribution in [1.82, 2.24) is 19.6 Å². The Hall–Kier alpha value is -1.55. The first-order valence-electron chi connectivity index (χ1n) is 8.56. The zero-order valence-electron chi connectivity index (χ0n) is 14.6. The summed E-state index contributed by atoms with van der Waals surface area (Å²) in [5, 5.41) is 4.37. The zero-order chi connectivity index (χ0) is 18.7. The fraction of sp³-hybridized carbons (Fsp3) is 0.444. The lowest BCUT2D eigenvalue weighted by Gasteiger charge is -2.34. The van der Waals surface area contributed by atoms with Crippen LogP contribution in [0.4, 0.5) is 8.78 Å². The molecule has 0 spiro atoms. The maximum absolute atomic E-state index is 13.8. The van der Waals surface area contributed by atoms with Crippen LogP contribution in [0.1, 0.15) is 17.7 Å². The Balaban J connectivity index is 1.47. The van der Waals surface area contributed by atoms with Gasteiger partial charge in [-0.3, -0.25) is 14.4 Å². The molecule has 26 heavy (non-hydrogen) atoms. The number of aryl methyl sites for hydroxylation is 2. The van der Waals surface area contributed by atoms with Crippen LogP contribution < -0.4 is 0 Å². The van der Waals surface area contributed by atoms with Crippen LogP contribution in [0, 0.1) is 22.1 Å². The quantitative estimate of drug-likeness (QED) is 0.627. The van der Waals surface area contributed by atoms with E-state index in [1.165, 1.54) is 6.07 Å². The Morgan fingerprint density at radius 2 is 1.96 bits per heavy atom. The molecular weight excluding hydrogens is 453 g/mol. The van der Waals surface area contributed by atoms with Gasteiger partial charge >= 0.3 is 0 Å². The van der Waals surface area contributed by atoms with Gasteiger partial charge in [-0.15, -0.1) is 0 Å². The van der Waals surface area contributed by atoms with E-state index in [0.717, 1.165) is 15.3 Å². The highest BCUT2D eigenvalue weighted by molar-refractivity contribution is 14.1. The van der Waals surface area contributed by atoms with E-state index in [-0.39, 0.29) is 5.91 Å². The summed E-state index contributed by atoms with van der Waals surface area (Å²) in [6, 6.07) is 4.24. The third-order valence-corrected chi connectivity index (χ3v) is 5.65. The van der Waals surface area contributed by atoms with E-state index in [0.29, 0.717) is 51.3 Å². The molecule has 1 aliphatic rings. The summed E-state index contributed by atoms with van der Waals surface area (Å²) in [5.41, 5.74) is 1.32. The summed E-state index contributed by atoms with van der Waals surface area (Å²) in [7, 11) is 0. The van der Waals surface area contributed by atoms with Gasteiger partial charge in [0.2, 0.25) is 5.91 Å². The van der Waals surface area contributed by atoms with Crippen molar-refractivity contribution in [3.8, 4) is 0 Å². The van der Waals surface area contributed by atoms with Crippen LogP contribution in [-0.2, 0) is 17.9 Å². The van der Waals surface area contributed by atoms with Crippen molar-refractivity contribution in [1.29, 1.82) is 0 Å². The number of hydrogen-bond acceptors (Lipinski definition) is 3. The van der Waals surface area contributed by atoms with Crippen LogP contribution in [0.5, 0.6) is 0 Å². The molecule has 3 rings (SSSR count). The number of nitrogens with zero attached hydrogens (tertiary/aromatic N) is 4. The SMILES string of the molecule is Cc1nn(CCC(=O)N2CCN(Cc3cccc(F)c3F)CC2)cc1I. The largest absolute Gasteiger partial charge is 0.340 e. The predicted molar refractivity (Wildman–Crippen MR) is 103 cm³/mol. The molecule has 2 aromatic rings. The monoisotopic (exact) mass is 474 g/mol. The van der Waals surface area contributed by atoms with Crippen LogP contribution in [0.3, 0.4) is 0 Å². The number of carbonyl (C=O) groups is 1. The predicted octanol–water partition coefficient (Wildman–Crippen LogP) is 2.81. The van der Waals surface area contributed by atoms with Gasteiger partial charge in [0.05, 0.1) is 9.26 Å². The highest BCUT2D eigenvalue weighted by Crippen LogP contribution is 2.15. The summed E-state index contributed by atoms with van der Waals surface area (Å²) in [4.78, 5) is 16.3. The first-order valence-corrected chi connectivity index (χ1v) is 9.64. The lowest BCUT2D eigenvalue weighted by molar-refractivity contribution is -0.133. The van der Waals surface area contributed by atoms with E-state index >= 15 is 0 Å². The number of rotatable bonds is 5. The van der Waals surface area contributed by atoms with E-state index in [1.54, 1.807) is 10.7 Å². The molecule has 140 valence electrons. The number of hydrogen-bond donors (Lipinski definition) is 0. The van der Waals surface area contributed by atoms with Gasteiger partial charge in [-0.25, -0.2) is 8.78 Å². The Morgan fingerprint density at radius 3 is 2.62 bits per heavy atom. The molecule has 1 aliphatic heterocycles. The van der Waals surface area contributed by atoms with Crippen LogP contribution in [0.2, 0.25) is 0 Å². The van der Waals surface area contributed by atoms with Gasteiger partial charge in [0, 0.05) is 57.4 Å². The van der Waals surface area contributed by atoms with E-state index in [4.69, 9.17) is 0 Å². The number of piperazine rings is 1. The zero-order valence-corrected chi connectivity index (χ0v) is 16.7. The van der Waals surface area contributed by atoms with Crippen LogP contribution in [0.15, 0.2) is 24.4 Å². The summed E-state index contributed by atoms with van der Waals surface area (Å²) < 4.78 is 30.0. The van der Waals surface area contributed by atoms with Crippen molar-refractivity contribution in [2.75, 3.05) is 26.2 Å². The Bertz CT molecular complexity index is 768. The molecule has 5 nitrogen and oxygen atoms in total. The van der Waals surface area contributed by atoms with Crippen molar-refractivity contribution in [3.63, 3.8) is 0 Å². The van der Waals surface area contributed by atoms with Gasteiger partial charge < -0.3 is 4.90 Å². The van der Waals surface area contributed by atoms with E-state index < -0.39 is 11.6 Å². The third-order valence-electron chi connectivity index (χ3n) is 4.59. The van der Waals surface area contributed by atoms with Crippen molar-refractivity contribution in [2.24, 2.45) is 0 Å². The van der Waals surface area contributed by atoms with Gasteiger partial charge in [0.1, 0.15) is 0 Å². The number of halogens is 3. The minimum Gasteiger partial charge on any atom is -0.340 e. The van der Waals surface area contributed by atoms with Crippen LogP contribution in [-0.4, -0.2) is 51.7 Å². The Kier molecular flexibility index (Phi) is 6.23. The summed E-state index contributed by atoms with van der Waals surface area (Å²) in [6.45, 7) is 5.38. The number of carbonyl (C=O) groups excluding carboxylic acids is 1. The van der Waals surface area contributed by atoms with Crippen LogP contribution in [0.25, 0.3) is 0 Å². The van der Waals surface area contributed by atoms with Gasteiger partial charge in [0.15, 0.2) is 11.6 Å². The molecule has 2 heterocycles. The molecule has 0 unspecified atom stereocenters. The minimum atomic E-state index is -0.820. The number of benzene rings is 1. The molecule has 0 radical (unpaired) electrons. The van der Waals surface area contributed by atoms with Gasteiger partial charge in [-0.05, 0) is 35.6 Å². The van der Waals surface area contributed by atoms with Crippen molar-refractivity contribution in [2.45, 2.75) is 26.4 Å². The second kappa shape index (κ2) is 8.43. The average molecular weight is 474 g/mol. The van der Waals surface area contributed by atoms with E-state index in [1.807, 2.05) is 22.9 Å². The van der Waals surface area contributed by atoms with Crippen molar-refractivity contribution >= 4 is 28.5 Å². The van der Waals surface area contributed by atoms with Crippen LogP contribution >= 0.6 is 22.6 Å². The number of aromatic nitrogens is 2. The second-order valence-corrected chi connectivity index (χ2v) is 7.61. The topological polar surface area (TPSA) is 41.4 Å². The fourth-order valence-corrected chi connectivity index (χ4v) is 3.47. The molecule has 1 amide bonds. The number of amides is 1. The first-order chi connectivity index (χ1) is 12.4. The van der Waals surface area contributed by atoms with Crippen molar-refractivity contribution < 1.29 is 13.6 Å². The molecule has 0 bridgehead atoms. The highest BCUT2D eigenvalue weighted by atomic mass is 127. The fourth-order valence-electron chi connectivity index (χ4n) is 3.04. The van der Waals surface area contributed by atoms with Crippen molar-refractivity contribution in [3.05, 3.63) is 50.9 Å². The molecule has 0 saturated carbocycles. The minimum absolute atomic E-state index is 0.102. The highest BCUT2D eigenvalue weighted by Gasteiger charge is 2.22. The maximum Gasteiger partial charge on any atom is 0.224 e. The van der Waals surface area contributed by atoms with Gasteiger partial charge in [-0.1, -0.05) is 12.1 Å². The molecular formula is C18H21F2IN4O. The molecule has 1 aromatic carbocycles. The molecule has 0 aliphatic carbocycles. The second-order valence-electron chi connectivity index (χ2n) is 6.45. The molecule has 1 aromatic heterocycles. The molecule has 0 N–H and O–H groups in total. The maximum atomic E-state index is 13.8. The third kappa shape index (κ3) is 4.59. The standard InChI is InChI=1S/C18H21F2IN4O/c1-13-16(21)12-25(22-13)6-5-17(26)24-9-7-23(8-10-24)11-14-3-2-4-15(19)18(14)20/h2-4,12H,5-11H2,1H3. The summed E-state index contributed by atoms with van der Waals surface area (Å²) in [5.74, 6) is -1.50. The Morgan fingerprint density at radius 1 is 1.23 bits per heavy atom. The smallest absolute Gasteiger partial charge is 0.224 e. The normalized spacial score (nSPS) is 15.5. The first kappa shape index (κ1) is 19.2. The van der Waals surface area contributed by atoms with E-state index in [9.17, 15) is 13.6 Å².